The molecule has 0 saturated heterocycles. The number of ether oxygens (including phenoxy) is 1. The number of anilines is 1. The highest BCUT2D eigenvalue weighted by Gasteiger charge is 2.27. The molecule has 0 amide bonds. The third-order valence-corrected chi connectivity index (χ3v) is 6.88. The summed E-state index contributed by atoms with van der Waals surface area (Å²) in [6.45, 7) is 9.65. The SMILES string of the molecule is CC#CCN(Cc1ccc(C)cc1)c1c2c(nc3c(-c4ccc(OC)cc4C)c(C)nn13)CCC2. The van der Waals surface area contributed by atoms with Crippen molar-refractivity contribution >= 4 is 11.5 Å². The molecular weight excluding hydrogens is 432 g/mol. The van der Waals surface area contributed by atoms with Gasteiger partial charge in [-0.15, -0.1) is 5.92 Å². The van der Waals surface area contributed by atoms with Gasteiger partial charge in [0.25, 0.3) is 0 Å². The summed E-state index contributed by atoms with van der Waals surface area (Å²) in [5.74, 6) is 8.39. The van der Waals surface area contributed by atoms with Gasteiger partial charge in [0.05, 0.1) is 19.3 Å². The van der Waals surface area contributed by atoms with Crippen LogP contribution in [0.5, 0.6) is 5.75 Å². The number of aromatic nitrogens is 3. The fourth-order valence-electron chi connectivity index (χ4n) is 5.09. The molecule has 0 bridgehead atoms. The topological polar surface area (TPSA) is 42.7 Å². The van der Waals surface area contributed by atoms with Crippen LogP contribution in [-0.4, -0.2) is 28.3 Å². The van der Waals surface area contributed by atoms with Crippen LogP contribution in [0.25, 0.3) is 16.8 Å². The van der Waals surface area contributed by atoms with Crippen molar-refractivity contribution in [1.29, 1.82) is 0 Å². The standard InChI is InChI=1S/C30H32N4O/c1-6-7-17-33(19-23-13-11-20(2)12-14-23)30-26-9-8-10-27(26)31-29-28(22(4)32-34(29)30)25-16-15-24(35-5)18-21(25)3/h11-16,18H,8-10,17,19H2,1-5H3. The van der Waals surface area contributed by atoms with Crippen LogP contribution >= 0.6 is 0 Å². The number of rotatable bonds is 6. The molecule has 1 aliphatic carbocycles. The van der Waals surface area contributed by atoms with Gasteiger partial charge in [-0.25, -0.2) is 4.98 Å². The van der Waals surface area contributed by atoms with Crippen molar-refractivity contribution in [3.05, 3.63) is 76.1 Å². The van der Waals surface area contributed by atoms with Crippen LogP contribution in [0.15, 0.2) is 42.5 Å². The maximum absolute atomic E-state index is 5.44. The molecule has 5 rings (SSSR count). The van der Waals surface area contributed by atoms with E-state index in [9.17, 15) is 0 Å². The Bertz CT molecular complexity index is 1450. The number of hydrogen-bond donors (Lipinski definition) is 0. The molecule has 35 heavy (non-hydrogen) atoms. The second-order valence-corrected chi connectivity index (χ2v) is 9.36. The Morgan fingerprint density at radius 1 is 1.06 bits per heavy atom. The molecule has 0 spiro atoms. The number of hydrogen-bond acceptors (Lipinski definition) is 4. The minimum Gasteiger partial charge on any atom is -0.497 e. The number of fused-ring (bicyclic) bond motifs is 2. The average molecular weight is 465 g/mol. The van der Waals surface area contributed by atoms with Crippen molar-refractivity contribution in [2.45, 2.75) is 53.5 Å². The van der Waals surface area contributed by atoms with E-state index in [2.05, 4.69) is 78.4 Å². The van der Waals surface area contributed by atoms with Crippen LogP contribution in [0.2, 0.25) is 0 Å². The molecule has 0 unspecified atom stereocenters. The van der Waals surface area contributed by atoms with Gasteiger partial charge in [-0.3, -0.25) is 0 Å². The monoisotopic (exact) mass is 464 g/mol. The van der Waals surface area contributed by atoms with E-state index in [0.717, 1.165) is 65.4 Å². The molecule has 178 valence electrons. The molecule has 0 radical (unpaired) electrons. The fraction of sp³-hybridized carbons (Fsp3) is 0.333. The van der Waals surface area contributed by atoms with Crippen molar-refractivity contribution in [1.82, 2.24) is 14.6 Å². The van der Waals surface area contributed by atoms with E-state index in [1.165, 1.54) is 22.4 Å². The minimum absolute atomic E-state index is 0.645. The lowest BCUT2D eigenvalue weighted by Gasteiger charge is -2.26. The summed E-state index contributed by atoms with van der Waals surface area (Å²) in [6, 6.07) is 15.0. The molecule has 1 aliphatic rings. The fourth-order valence-corrected chi connectivity index (χ4v) is 5.09. The van der Waals surface area contributed by atoms with E-state index in [1.807, 2.05) is 13.0 Å². The van der Waals surface area contributed by atoms with Crippen LogP contribution in [0, 0.1) is 32.6 Å². The zero-order valence-electron chi connectivity index (χ0n) is 21.3. The van der Waals surface area contributed by atoms with Crippen molar-refractivity contribution in [2.24, 2.45) is 0 Å². The Kier molecular flexibility index (Phi) is 6.21. The van der Waals surface area contributed by atoms with Gasteiger partial charge in [0, 0.05) is 23.4 Å². The van der Waals surface area contributed by atoms with Crippen LogP contribution < -0.4 is 9.64 Å². The third kappa shape index (κ3) is 4.25. The predicted molar refractivity (Wildman–Crippen MR) is 142 cm³/mol. The van der Waals surface area contributed by atoms with Gasteiger partial charge in [0.2, 0.25) is 0 Å². The predicted octanol–water partition coefficient (Wildman–Crippen LogP) is 5.85. The number of nitrogens with zero attached hydrogens (tertiary/aromatic N) is 4. The largest absolute Gasteiger partial charge is 0.497 e. The maximum atomic E-state index is 5.44. The first kappa shape index (κ1) is 23.0. The van der Waals surface area contributed by atoms with Gasteiger partial charge in [0.1, 0.15) is 11.6 Å². The van der Waals surface area contributed by atoms with Gasteiger partial charge >= 0.3 is 0 Å². The van der Waals surface area contributed by atoms with E-state index in [-0.39, 0.29) is 0 Å². The van der Waals surface area contributed by atoms with Crippen molar-refractivity contribution in [3.63, 3.8) is 0 Å². The van der Waals surface area contributed by atoms with Crippen LogP contribution in [0.1, 0.15) is 47.0 Å². The average Bonchev–Trinajstić information content (AvgIpc) is 3.45. The zero-order valence-corrected chi connectivity index (χ0v) is 21.3. The second-order valence-electron chi connectivity index (χ2n) is 9.36. The number of aryl methyl sites for hydroxylation is 4. The lowest BCUT2D eigenvalue weighted by Crippen LogP contribution is -2.27. The molecule has 2 heterocycles. The van der Waals surface area contributed by atoms with Crippen LogP contribution in [-0.2, 0) is 19.4 Å². The third-order valence-electron chi connectivity index (χ3n) is 6.88. The molecule has 0 N–H and O–H groups in total. The Morgan fingerprint density at radius 3 is 2.57 bits per heavy atom. The summed E-state index contributed by atoms with van der Waals surface area (Å²) in [5.41, 5.74) is 10.3. The smallest absolute Gasteiger partial charge is 0.165 e. The highest BCUT2D eigenvalue weighted by molar-refractivity contribution is 5.83. The van der Waals surface area contributed by atoms with Crippen molar-refractivity contribution in [3.8, 4) is 28.7 Å². The molecule has 5 nitrogen and oxygen atoms in total. The molecule has 0 aliphatic heterocycles. The summed E-state index contributed by atoms with van der Waals surface area (Å²) >= 11 is 0. The maximum Gasteiger partial charge on any atom is 0.165 e. The van der Waals surface area contributed by atoms with Gasteiger partial charge < -0.3 is 9.64 Å². The van der Waals surface area contributed by atoms with Crippen molar-refractivity contribution in [2.75, 3.05) is 18.6 Å². The van der Waals surface area contributed by atoms with E-state index >= 15 is 0 Å². The summed E-state index contributed by atoms with van der Waals surface area (Å²) in [5, 5.41) is 5.07. The molecular formula is C30H32N4O. The zero-order chi connectivity index (χ0) is 24.5. The molecule has 0 fully saturated rings. The van der Waals surface area contributed by atoms with Gasteiger partial charge in [-0.1, -0.05) is 41.8 Å². The van der Waals surface area contributed by atoms with Gasteiger partial charge in [-0.05, 0) is 75.8 Å². The molecule has 4 aromatic rings. The normalized spacial score (nSPS) is 12.4. The lowest BCUT2D eigenvalue weighted by atomic mass is 10.0. The summed E-state index contributed by atoms with van der Waals surface area (Å²) in [7, 11) is 1.70. The lowest BCUT2D eigenvalue weighted by molar-refractivity contribution is 0.414. The Labute approximate surface area is 207 Å². The van der Waals surface area contributed by atoms with E-state index < -0.39 is 0 Å². The second kappa shape index (κ2) is 9.46. The van der Waals surface area contributed by atoms with E-state index in [4.69, 9.17) is 14.8 Å². The first-order chi connectivity index (χ1) is 17.0. The van der Waals surface area contributed by atoms with Crippen LogP contribution in [0.3, 0.4) is 0 Å². The Balaban J connectivity index is 1.71. The highest BCUT2D eigenvalue weighted by Crippen LogP contribution is 2.38. The highest BCUT2D eigenvalue weighted by atomic mass is 16.5. The minimum atomic E-state index is 0.645. The summed E-state index contributed by atoms with van der Waals surface area (Å²) in [4.78, 5) is 7.56. The van der Waals surface area contributed by atoms with E-state index in [1.54, 1.807) is 7.11 Å². The molecule has 2 aromatic carbocycles. The number of methoxy groups -OCH3 is 1. The first-order valence-electron chi connectivity index (χ1n) is 12.3. The molecule has 0 atom stereocenters. The molecule has 0 saturated carbocycles. The first-order valence-corrected chi connectivity index (χ1v) is 12.3. The Hall–Kier alpha value is -3.78. The van der Waals surface area contributed by atoms with Crippen molar-refractivity contribution < 1.29 is 4.74 Å². The quantitative estimate of drug-likeness (QED) is 0.336. The number of benzene rings is 2. The summed E-state index contributed by atoms with van der Waals surface area (Å²) < 4.78 is 7.52. The van der Waals surface area contributed by atoms with Gasteiger partial charge in [-0.2, -0.15) is 9.61 Å². The molecule has 5 heteroatoms. The van der Waals surface area contributed by atoms with E-state index in [0.29, 0.717) is 6.54 Å². The van der Waals surface area contributed by atoms with Crippen LogP contribution in [0.4, 0.5) is 5.82 Å². The summed E-state index contributed by atoms with van der Waals surface area (Å²) in [6.07, 6.45) is 3.14. The molecule has 2 aromatic heterocycles. The Morgan fingerprint density at radius 2 is 1.86 bits per heavy atom. The van der Waals surface area contributed by atoms with Gasteiger partial charge in [0.15, 0.2) is 5.65 Å².